The van der Waals surface area contributed by atoms with E-state index < -0.39 is 11.9 Å². The van der Waals surface area contributed by atoms with Gasteiger partial charge in [0.1, 0.15) is 6.04 Å². The molecule has 2 rings (SSSR count). The lowest BCUT2D eigenvalue weighted by Crippen LogP contribution is -2.44. The fraction of sp³-hybridized carbons (Fsp3) is 0.231. The van der Waals surface area contributed by atoms with Crippen molar-refractivity contribution >= 4 is 11.8 Å². The maximum atomic E-state index is 11.8. The monoisotopic (exact) mass is 261 g/mol. The average Bonchev–Trinajstić information content (AvgIpc) is 3.08. The van der Waals surface area contributed by atoms with Crippen LogP contribution in [0.25, 0.3) is 0 Å². The van der Waals surface area contributed by atoms with Crippen molar-refractivity contribution in [2.45, 2.75) is 19.5 Å². The Bertz CT molecular complexity index is 531. The maximum absolute atomic E-state index is 11.8. The third-order valence-corrected chi connectivity index (χ3v) is 2.61. The van der Waals surface area contributed by atoms with E-state index in [0.717, 1.165) is 5.56 Å². The molecule has 3 N–H and O–H groups in total. The molecular weight excluding hydrogens is 246 g/mol. The van der Waals surface area contributed by atoms with Crippen LogP contribution in [0.2, 0.25) is 0 Å². The van der Waals surface area contributed by atoms with Crippen LogP contribution in [-0.2, 0) is 11.3 Å². The fourth-order valence-corrected chi connectivity index (χ4v) is 1.55. The van der Waals surface area contributed by atoms with Crippen molar-refractivity contribution in [3.8, 4) is 0 Å². The largest absolute Gasteiger partial charge is 0.459 e. The Balaban J connectivity index is 1.80. The Morgan fingerprint density at radius 3 is 2.89 bits per heavy atom. The molecule has 2 aromatic rings. The lowest BCUT2D eigenvalue weighted by Gasteiger charge is -2.12. The van der Waals surface area contributed by atoms with E-state index in [2.05, 4.69) is 15.6 Å². The number of aromatic amines is 1. The smallest absolute Gasteiger partial charge is 0.287 e. The summed E-state index contributed by atoms with van der Waals surface area (Å²) in [6.07, 6.45) is 4.99. The predicted molar refractivity (Wildman–Crippen MR) is 68.3 cm³/mol. The van der Waals surface area contributed by atoms with Gasteiger partial charge in [-0.1, -0.05) is 0 Å². The molecular formula is C13H15N3O3. The molecule has 2 amide bonds. The number of carbonyl (C=O) groups is 2. The summed E-state index contributed by atoms with van der Waals surface area (Å²) in [5.41, 5.74) is 0.970. The maximum Gasteiger partial charge on any atom is 0.287 e. The zero-order valence-electron chi connectivity index (χ0n) is 10.5. The Hall–Kier alpha value is -2.50. The first-order chi connectivity index (χ1) is 9.16. The van der Waals surface area contributed by atoms with Crippen LogP contribution in [0, 0.1) is 0 Å². The molecule has 0 aromatic carbocycles. The standard InChI is InChI=1S/C13H15N3O3/c1-9(16-13(18)11-3-2-6-19-11)12(17)15-8-10-4-5-14-7-10/h2-7,9,14H,8H2,1H3,(H,15,17)(H,16,18). The molecule has 0 saturated heterocycles. The van der Waals surface area contributed by atoms with E-state index in [9.17, 15) is 9.59 Å². The molecule has 6 heteroatoms. The summed E-state index contributed by atoms with van der Waals surface area (Å²) in [6, 6.07) is 4.40. The van der Waals surface area contributed by atoms with Crippen molar-refractivity contribution in [3.05, 3.63) is 48.2 Å². The van der Waals surface area contributed by atoms with Gasteiger partial charge in [0.2, 0.25) is 5.91 Å². The van der Waals surface area contributed by atoms with Gasteiger partial charge in [-0.05, 0) is 30.7 Å². The Labute approximate surface area is 110 Å². The number of carbonyl (C=O) groups excluding carboxylic acids is 2. The van der Waals surface area contributed by atoms with E-state index in [4.69, 9.17) is 4.42 Å². The molecule has 2 aromatic heterocycles. The van der Waals surface area contributed by atoms with Gasteiger partial charge in [-0.3, -0.25) is 9.59 Å². The van der Waals surface area contributed by atoms with Gasteiger partial charge in [-0.25, -0.2) is 0 Å². The molecule has 0 radical (unpaired) electrons. The molecule has 0 spiro atoms. The highest BCUT2D eigenvalue weighted by Crippen LogP contribution is 2.00. The number of rotatable bonds is 5. The van der Waals surface area contributed by atoms with E-state index in [1.807, 2.05) is 6.07 Å². The average molecular weight is 261 g/mol. The first-order valence-corrected chi connectivity index (χ1v) is 5.90. The Kier molecular flexibility index (Phi) is 4.02. The van der Waals surface area contributed by atoms with Gasteiger partial charge in [0.05, 0.1) is 6.26 Å². The third-order valence-electron chi connectivity index (χ3n) is 2.61. The predicted octanol–water partition coefficient (Wildman–Crippen LogP) is 1.04. The van der Waals surface area contributed by atoms with Gasteiger partial charge >= 0.3 is 0 Å². The number of nitrogens with one attached hydrogen (secondary N) is 3. The summed E-state index contributed by atoms with van der Waals surface area (Å²) in [4.78, 5) is 26.3. The van der Waals surface area contributed by atoms with Gasteiger partial charge in [0.15, 0.2) is 5.76 Å². The van der Waals surface area contributed by atoms with Gasteiger partial charge in [-0.15, -0.1) is 0 Å². The van der Waals surface area contributed by atoms with Crippen LogP contribution in [0.1, 0.15) is 23.0 Å². The number of furan rings is 1. The molecule has 0 fully saturated rings. The van der Waals surface area contributed by atoms with Crippen molar-refractivity contribution in [1.82, 2.24) is 15.6 Å². The molecule has 0 bridgehead atoms. The van der Waals surface area contributed by atoms with Crippen LogP contribution in [0.4, 0.5) is 0 Å². The van der Waals surface area contributed by atoms with Crippen molar-refractivity contribution < 1.29 is 14.0 Å². The molecule has 100 valence electrons. The summed E-state index contributed by atoms with van der Waals surface area (Å²) in [5, 5.41) is 5.29. The van der Waals surface area contributed by atoms with Crippen LogP contribution in [0.15, 0.2) is 41.3 Å². The highest BCUT2D eigenvalue weighted by Gasteiger charge is 2.17. The van der Waals surface area contributed by atoms with Gasteiger partial charge in [-0.2, -0.15) is 0 Å². The minimum Gasteiger partial charge on any atom is -0.459 e. The first-order valence-electron chi connectivity index (χ1n) is 5.90. The van der Waals surface area contributed by atoms with Crippen LogP contribution < -0.4 is 10.6 Å². The van der Waals surface area contributed by atoms with E-state index in [1.165, 1.54) is 6.26 Å². The summed E-state index contributed by atoms with van der Waals surface area (Å²) in [6.45, 7) is 2.04. The normalized spacial score (nSPS) is 11.8. The number of aromatic nitrogens is 1. The first kappa shape index (κ1) is 12.9. The van der Waals surface area contributed by atoms with Gasteiger partial charge in [0.25, 0.3) is 5.91 Å². The quantitative estimate of drug-likeness (QED) is 0.751. The molecule has 0 aliphatic rings. The van der Waals surface area contributed by atoms with Crippen LogP contribution in [0.3, 0.4) is 0 Å². The summed E-state index contributed by atoms with van der Waals surface area (Å²) in [7, 11) is 0. The molecule has 2 heterocycles. The van der Waals surface area contributed by atoms with Crippen molar-refractivity contribution in [1.29, 1.82) is 0 Å². The van der Waals surface area contributed by atoms with E-state index >= 15 is 0 Å². The molecule has 0 aliphatic carbocycles. The Morgan fingerprint density at radius 1 is 1.42 bits per heavy atom. The lowest BCUT2D eigenvalue weighted by atomic mass is 10.2. The molecule has 1 atom stereocenters. The highest BCUT2D eigenvalue weighted by molar-refractivity contribution is 5.95. The number of amides is 2. The summed E-state index contributed by atoms with van der Waals surface area (Å²) < 4.78 is 4.95. The second-order valence-corrected chi connectivity index (χ2v) is 4.11. The van der Waals surface area contributed by atoms with Crippen LogP contribution >= 0.6 is 0 Å². The van der Waals surface area contributed by atoms with E-state index in [-0.39, 0.29) is 11.7 Å². The van der Waals surface area contributed by atoms with Crippen molar-refractivity contribution in [3.63, 3.8) is 0 Å². The summed E-state index contributed by atoms with van der Waals surface area (Å²) in [5.74, 6) is -0.472. The molecule has 0 saturated carbocycles. The summed E-state index contributed by atoms with van der Waals surface area (Å²) >= 11 is 0. The SMILES string of the molecule is CC(NC(=O)c1ccco1)C(=O)NCc1cc[nH]c1. The van der Waals surface area contributed by atoms with Gasteiger partial charge < -0.3 is 20.0 Å². The topological polar surface area (TPSA) is 87.1 Å². The van der Waals surface area contributed by atoms with Gasteiger partial charge in [0, 0.05) is 18.9 Å². The number of H-pyrrole nitrogens is 1. The van der Waals surface area contributed by atoms with Crippen LogP contribution in [0.5, 0.6) is 0 Å². The fourth-order valence-electron chi connectivity index (χ4n) is 1.55. The zero-order valence-corrected chi connectivity index (χ0v) is 10.5. The number of hydrogen-bond acceptors (Lipinski definition) is 3. The van der Waals surface area contributed by atoms with E-state index in [1.54, 1.807) is 31.5 Å². The second-order valence-electron chi connectivity index (χ2n) is 4.11. The molecule has 19 heavy (non-hydrogen) atoms. The highest BCUT2D eigenvalue weighted by atomic mass is 16.3. The Morgan fingerprint density at radius 2 is 2.26 bits per heavy atom. The second kappa shape index (κ2) is 5.90. The van der Waals surface area contributed by atoms with Crippen LogP contribution in [-0.4, -0.2) is 22.8 Å². The molecule has 0 aliphatic heterocycles. The molecule has 1 unspecified atom stereocenters. The van der Waals surface area contributed by atoms with Crippen molar-refractivity contribution in [2.24, 2.45) is 0 Å². The third kappa shape index (κ3) is 3.48. The molecule has 6 nitrogen and oxygen atoms in total. The van der Waals surface area contributed by atoms with Crippen molar-refractivity contribution in [2.75, 3.05) is 0 Å². The van der Waals surface area contributed by atoms with E-state index in [0.29, 0.717) is 6.54 Å². The number of hydrogen-bond donors (Lipinski definition) is 3. The minimum atomic E-state index is -0.628. The minimum absolute atomic E-state index is 0.185. The zero-order chi connectivity index (χ0) is 13.7. The lowest BCUT2D eigenvalue weighted by molar-refractivity contribution is -0.122.